The van der Waals surface area contributed by atoms with Crippen molar-refractivity contribution in [2.24, 2.45) is 0 Å². The Morgan fingerprint density at radius 2 is 1.90 bits per heavy atom. The maximum absolute atomic E-state index is 12.7. The predicted octanol–water partition coefficient (Wildman–Crippen LogP) is 2.97. The van der Waals surface area contributed by atoms with Gasteiger partial charge in [0.25, 0.3) is 0 Å². The van der Waals surface area contributed by atoms with Crippen molar-refractivity contribution in [3.63, 3.8) is 0 Å². The molecule has 1 atom stereocenters. The van der Waals surface area contributed by atoms with E-state index >= 15 is 0 Å². The first-order valence-electron chi connectivity index (χ1n) is 10.5. The molecule has 2 aromatic carbocycles. The van der Waals surface area contributed by atoms with Crippen LogP contribution in [0.15, 0.2) is 48.5 Å². The van der Waals surface area contributed by atoms with Gasteiger partial charge in [0.05, 0.1) is 12.5 Å². The highest BCUT2D eigenvalue weighted by Crippen LogP contribution is 2.32. The Labute approximate surface area is 176 Å². The third-order valence-electron chi connectivity index (χ3n) is 5.98. The van der Waals surface area contributed by atoms with Gasteiger partial charge in [-0.05, 0) is 41.7 Å². The van der Waals surface area contributed by atoms with Gasteiger partial charge in [0.2, 0.25) is 17.7 Å². The summed E-state index contributed by atoms with van der Waals surface area (Å²) < 4.78 is 0. The normalized spacial score (nSPS) is 18.3. The summed E-state index contributed by atoms with van der Waals surface area (Å²) in [5.41, 5.74) is 4.10. The molecule has 156 valence electrons. The van der Waals surface area contributed by atoms with Crippen LogP contribution in [0.3, 0.4) is 0 Å². The quantitative estimate of drug-likeness (QED) is 0.832. The summed E-state index contributed by atoms with van der Waals surface area (Å²) in [7, 11) is 0. The van der Waals surface area contributed by atoms with Crippen LogP contribution in [0.4, 0.5) is 5.69 Å². The SMILES string of the molecule is CC(=O)N1CCc2ccccc2C1CC(=O)NCc1cccc(N2CCCC2=O)c1. The second kappa shape index (κ2) is 8.69. The molecule has 30 heavy (non-hydrogen) atoms. The molecule has 0 bridgehead atoms. The lowest BCUT2D eigenvalue weighted by Gasteiger charge is -2.36. The zero-order chi connectivity index (χ0) is 21.1. The maximum atomic E-state index is 12.7. The average molecular weight is 405 g/mol. The van der Waals surface area contributed by atoms with Crippen molar-refractivity contribution >= 4 is 23.4 Å². The van der Waals surface area contributed by atoms with Crippen LogP contribution in [0.25, 0.3) is 0 Å². The van der Waals surface area contributed by atoms with Crippen molar-refractivity contribution in [3.05, 3.63) is 65.2 Å². The highest BCUT2D eigenvalue weighted by atomic mass is 16.2. The number of carbonyl (C=O) groups excluding carboxylic acids is 3. The third-order valence-corrected chi connectivity index (χ3v) is 5.98. The molecule has 0 saturated carbocycles. The van der Waals surface area contributed by atoms with Crippen LogP contribution >= 0.6 is 0 Å². The number of hydrogen-bond donors (Lipinski definition) is 1. The fourth-order valence-corrected chi connectivity index (χ4v) is 4.45. The van der Waals surface area contributed by atoms with Crippen molar-refractivity contribution in [1.82, 2.24) is 10.2 Å². The minimum Gasteiger partial charge on any atom is -0.352 e. The molecule has 6 nitrogen and oxygen atoms in total. The van der Waals surface area contributed by atoms with E-state index in [1.54, 1.807) is 16.7 Å². The summed E-state index contributed by atoms with van der Waals surface area (Å²) in [4.78, 5) is 40.5. The number of carbonyl (C=O) groups is 3. The first-order chi connectivity index (χ1) is 14.5. The van der Waals surface area contributed by atoms with Gasteiger partial charge in [-0.25, -0.2) is 0 Å². The Bertz CT molecular complexity index is 972. The van der Waals surface area contributed by atoms with Crippen molar-refractivity contribution in [1.29, 1.82) is 0 Å². The molecule has 6 heteroatoms. The zero-order valence-corrected chi connectivity index (χ0v) is 17.3. The van der Waals surface area contributed by atoms with Crippen molar-refractivity contribution in [3.8, 4) is 0 Å². The summed E-state index contributed by atoms with van der Waals surface area (Å²) in [6, 6.07) is 15.6. The van der Waals surface area contributed by atoms with Gasteiger partial charge in [-0.3, -0.25) is 14.4 Å². The largest absolute Gasteiger partial charge is 0.352 e. The number of benzene rings is 2. The van der Waals surface area contributed by atoms with Gasteiger partial charge in [0.15, 0.2) is 0 Å². The lowest BCUT2D eigenvalue weighted by molar-refractivity contribution is -0.133. The fraction of sp³-hybridized carbons (Fsp3) is 0.375. The minimum atomic E-state index is -0.235. The number of amides is 3. The monoisotopic (exact) mass is 405 g/mol. The summed E-state index contributed by atoms with van der Waals surface area (Å²) in [6.07, 6.45) is 2.53. The summed E-state index contributed by atoms with van der Waals surface area (Å²) >= 11 is 0. The van der Waals surface area contributed by atoms with Gasteiger partial charge < -0.3 is 15.1 Å². The Kier molecular flexibility index (Phi) is 5.84. The first-order valence-corrected chi connectivity index (χ1v) is 10.5. The zero-order valence-electron chi connectivity index (χ0n) is 17.3. The molecule has 1 unspecified atom stereocenters. The molecule has 2 aliphatic heterocycles. The summed E-state index contributed by atoms with van der Waals surface area (Å²) in [6.45, 7) is 3.33. The van der Waals surface area contributed by atoms with Gasteiger partial charge in [0, 0.05) is 38.7 Å². The van der Waals surface area contributed by atoms with Crippen LogP contribution in [0.5, 0.6) is 0 Å². The van der Waals surface area contributed by atoms with Crippen molar-refractivity contribution < 1.29 is 14.4 Å². The molecular formula is C24H27N3O3. The number of hydrogen-bond acceptors (Lipinski definition) is 3. The van der Waals surface area contributed by atoms with E-state index in [0.717, 1.165) is 36.2 Å². The van der Waals surface area contributed by atoms with Crippen LogP contribution < -0.4 is 10.2 Å². The summed E-state index contributed by atoms with van der Waals surface area (Å²) in [5, 5.41) is 2.99. The second-order valence-corrected chi connectivity index (χ2v) is 7.98. The van der Waals surface area contributed by atoms with E-state index in [0.29, 0.717) is 19.5 Å². The number of nitrogens with one attached hydrogen (secondary N) is 1. The minimum absolute atomic E-state index is 0.00900. The van der Waals surface area contributed by atoms with E-state index in [1.807, 2.05) is 42.5 Å². The highest BCUT2D eigenvalue weighted by molar-refractivity contribution is 5.95. The van der Waals surface area contributed by atoms with Crippen LogP contribution in [-0.2, 0) is 27.3 Å². The van der Waals surface area contributed by atoms with Crippen LogP contribution in [0, 0.1) is 0 Å². The van der Waals surface area contributed by atoms with Gasteiger partial charge >= 0.3 is 0 Å². The Morgan fingerprint density at radius 3 is 2.67 bits per heavy atom. The van der Waals surface area contributed by atoms with Gasteiger partial charge in [-0.1, -0.05) is 36.4 Å². The van der Waals surface area contributed by atoms with Gasteiger partial charge in [-0.2, -0.15) is 0 Å². The van der Waals surface area contributed by atoms with Crippen LogP contribution in [0.2, 0.25) is 0 Å². The topological polar surface area (TPSA) is 69.7 Å². The number of anilines is 1. The number of fused-ring (bicyclic) bond motifs is 1. The van der Waals surface area contributed by atoms with E-state index in [4.69, 9.17) is 0 Å². The molecule has 1 N–H and O–H groups in total. The van der Waals surface area contributed by atoms with E-state index in [2.05, 4.69) is 11.4 Å². The molecule has 4 rings (SSSR count). The van der Waals surface area contributed by atoms with E-state index in [1.165, 1.54) is 5.56 Å². The van der Waals surface area contributed by atoms with E-state index < -0.39 is 0 Å². The molecule has 3 amide bonds. The standard InChI is InChI=1S/C24H27N3O3/c1-17(28)26-13-11-19-7-2-3-9-21(19)22(26)15-23(29)25-16-18-6-4-8-20(14-18)27-12-5-10-24(27)30/h2-4,6-9,14,22H,5,10-13,15-16H2,1H3,(H,25,29). The molecule has 1 fully saturated rings. The average Bonchev–Trinajstić information content (AvgIpc) is 3.18. The van der Waals surface area contributed by atoms with E-state index in [-0.39, 0.29) is 30.2 Å². The molecule has 0 spiro atoms. The Balaban J connectivity index is 1.42. The Morgan fingerprint density at radius 1 is 1.07 bits per heavy atom. The van der Waals surface area contributed by atoms with Crippen molar-refractivity contribution in [2.45, 2.75) is 45.2 Å². The molecule has 0 aromatic heterocycles. The molecule has 0 radical (unpaired) electrons. The van der Waals surface area contributed by atoms with Gasteiger partial charge in [0.1, 0.15) is 0 Å². The molecule has 2 heterocycles. The number of nitrogens with zero attached hydrogens (tertiary/aromatic N) is 2. The predicted molar refractivity (Wildman–Crippen MR) is 115 cm³/mol. The molecule has 2 aromatic rings. The second-order valence-electron chi connectivity index (χ2n) is 7.98. The molecule has 1 saturated heterocycles. The first kappa shape index (κ1) is 20.1. The Hall–Kier alpha value is -3.15. The molecule has 2 aliphatic rings. The summed E-state index contributed by atoms with van der Waals surface area (Å²) in [5.74, 6) is 0.0485. The van der Waals surface area contributed by atoms with Crippen LogP contribution in [-0.4, -0.2) is 35.7 Å². The number of rotatable bonds is 5. The lowest BCUT2D eigenvalue weighted by atomic mass is 9.90. The highest BCUT2D eigenvalue weighted by Gasteiger charge is 2.30. The van der Waals surface area contributed by atoms with Gasteiger partial charge in [-0.15, -0.1) is 0 Å². The molecular weight excluding hydrogens is 378 g/mol. The maximum Gasteiger partial charge on any atom is 0.227 e. The molecule has 0 aliphatic carbocycles. The van der Waals surface area contributed by atoms with Crippen molar-refractivity contribution in [2.75, 3.05) is 18.0 Å². The van der Waals surface area contributed by atoms with Crippen LogP contribution in [0.1, 0.15) is 48.9 Å². The fourth-order valence-electron chi connectivity index (χ4n) is 4.45. The third kappa shape index (κ3) is 4.22. The lowest BCUT2D eigenvalue weighted by Crippen LogP contribution is -2.41. The van der Waals surface area contributed by atoms with E-state index in [9.17, 15) is 14.4 Å². The smallest absolute Gasteiger partial charge is 0.227 e.